The quantitative estimate of drug-likeness (QED) is 0.753. The van der Waals surface area contributed by atoms with E-state index >= 15 is 0 Å². The number of hydrogen-bond donors (Lipinski definition) is 0. The zero-order chi connectivity index (χ0) is 15.5. The number of carbonyl (C=O) groups is 1. The minimum Gasteiger partial charge on any atom is -0.335 e. The molecule has 118 valence electrons. The average Bonchev–Trinajstić information content (AvgIpc) is 2.93. The zero-order valence-corrected chi connectivity index (χ0v) is 14.4. The number of aryl methyl sites for hydroxylation is 1. The van der Waals surface area contributed by atoms with Gasteiger partial charge in [-0.2, -0.15) is 0 Å². The van der Waals surface area contributed by atoms with Gasteiger partial charge in [0, 0.05) is 17.3 Å². The van der Waals surface area contributed by atoms with Crippen LogP contribution in [0.3, 0.4) is 0 Å². The summed E-state index contributed by atoms with van der Waals surface area (Å²) in [5.74, 6) is 0.274. The van der Waals surface area contributed by atoms with Crippen molar-refractivity contribution in [2.45, 2.75) is 58.4 Å². The molecule has 3 heteroatoms. The number of fused-ring (bicyclic) bond motifs is 1. The van der Waals surface area contributed by atoms with Crippen molar-refractivity contribution in [3.8, 4) is 0 Å². The molecule has 2 nitrogen and oxygen atoms in total. The van der Waals surface area contributed by atoms with E-state index in [0.29, 0.717) is 6.04 Å². The first kappa shape index (κ1) is 15.5. The first-order valence-electron chi connectivity index (χ1n) is 8.57. The summed E-state index contributed by atoms with van der Waals surface area (Å²) in [6.07, 6.45) is 6.72. The third-order valence-corrected chi connectivity index (χ3v) is 5.95. The van der Waals surface area contributed by atoms with Gasteiger partial charge >= 0.3 is 0 Å². The molecule has 1 aliphatic heterocycles. The van der Waals surface area contributed by atoms with Crippen LogP contribution < -0.4 is 0 Å². The highest BCUT2D eigenvalue weighted by molar-refractivity contribution is 7.21. The average molecular weight is 315 g/mol. The summed E-state index contributed by atoms with van der Waals surface area (Å²) in [6, 6.07) is 8.89. The maximum absolute atomic E-state index is 13.2. The molecule has 2 heterocycles. The van der Waals surface area contributed by atoms with Gasteiger partial charge in [-0.15, -0.1) is 11.3 Å². The Morgan fingerprint density at radius 2 is 2.09 bits per heavy atom. The van der Waals surface area contributed by atoms with Crippen LogP contribution >= 0.6 is 11.3 Å². The van der Waals surface area contributed by atoms with Gasteiger partial charge in [-0.1, -0.05) is 38.5 Å². The molecule has 0 aliphatic carbocycles. The van der Waals surface area contributed by atoms with Gasteiger partial charge in [0.2, 0.25) is 0 Å². The third kappa shape index (κ3) is 2.79. The fourth-order valence-electron chi connectivity index (χ4n) is 3.59. The molecule has 1 unspecified atom stereocenters. The summed E-state index contributed by atoms with van der Waals surface area (Å²) < 4.78 is 1.25. The molecule has 1 aromatic heterocycles. The molecular weight excluding hydrogens is 290 g/mol. The highest BCUT2D eigenvalue weighted by atomic mass is 32.1. The fourth-order valence-corrected chi connectivity index (χ4v) is 4.80. The molecule has 1 aromatic carbocycles. The molecule has 0 saturated carbocycles. The van der Waals surface area contributed by atoms with Crippen LogP contribution in [0.4, 0.5) is 0 Å². The molecule has 1 atom stereocenters. The second-order valence-corrected chi connectivity index (χ2v) is 7.26. The van der Waals surface area contributed by atoms with Crippen LogP contribution in [-0.4, -0.2) is 23.4 Å². The fraction of sp³-hybridized carbons (Fsp3) is 0.526. The monoisotopic (exact) mass is 315 g/mol. The summed E-state index contributed by atoms with van der Waals surface area (Å²) in [4.78, 5) is 16.3. The lowest BCUT2D eigenvalue weighted by molar-refractivity contribution is 0.0612. The maximum atomic E-state index is 13.2. The number of amides is 1. The lowest BCUT2D eigenvalue weighted by Crippen LogP contribution is -2.43. The molecule has 1 saturated heterocycles. The molecule has 3 rings (SSSR count). The molecule has 2 aromatic rings. The van der Waals surface area contributed by atoms with Gasteiger partial charge in [-0.3, -0.25) is 4.79 Å². The van der Waals surface area contributed by atoms with Crippen LogP contribution in [0, 0.1) is 0 Å². The van der Waals surface area contributed by atoms with E-state index in [4.69, 9.17) is 0 Å². The van der Waals surface area contributed by atoms with Gasteiger partial charge in [-0.25, -0.2) is 0 Å². The van der Waals surface area contributed by atoms with Crippen molar-refractivity contribution in [2.75, 3.05) is 6.54 Å². The summed E-state index contributed by atoms with van der Waals surface area (Å²) in [5, 5.41) is 1.28. The van der Waals surface area contributed by atoms with Crippen LogP contribution in [0.1, 0.15) is 61.2 Å². The first-order chi connectivity index (χ1) is 10.8. The number of hydrogen-bond acceptors (Lipinski definition) is 2. The smallest absolute Gasteiger partial charge is 0.264 e. The predicted octanol–water partition coefficient (Wildman–Crippen LogP) is 5.26. The summed E-state index contributed by atoms with van der Waals surface area (Å²) >= 11 is 1.69. The van der Waals surface area contributed by atoms with E-state index in [-0.39, 0.29) is 5.91 Å². The lowest BCUT2D eigenvalue weighted by Gasteiger charge is -2.35. The number of carbonyl (C=O) groups excluding carboxylic acids is 1. The SMILES string of the molecule is CCCc1c(C(=O)N2CCCCC2CC)sc2ccccc12. The molecule has 0 N–H and O–H groups in total. The number of nitrogens with zero attached hydrogens (tertiary/aromatic N) is 1. The Hall–Kier alpha value is -1.35. The lowest BCUT2D eigenvalue weighted by atomic mass is 9.98. The number of rotatable bonds is 4. The van der Waals surface area contributed by atoms with Crippen LogP contribution in [-0.2, 0) is 6.42 Å². The Morgan fingerprint density at radius 1 is 1.27 bits per heavy atom. The minimum atomic E-state index is 0.274. The number of benzene rings is 1. The van der Waals surface area contributed by atoms with Gasteiger partial charge in [0.15, 0.2) is 0 Å². The maximum Gasteiger partial charge on any atom is 0.264 e. The summed E-state index contributed by atoms with van der Waals surface area (Å²) in [5.41, 5.74) is 1.27. The molecule has 1 fully saturated rings. The number of piperidine rings is 1. The second kappa shape index (κ2) is 6.82. The standard InChI is InChI=1S/C19H25NOS/c1-3-9-16-15-11-5-6-12-17(15)22-18(16)19(21)20-13-8-7-10-14(20)4-2/h5-6,11-12,14H,3-4,7-10,13H2,1-2H3. The zero-order valence-electron chi connectivity index (χ0n) is 13.6. The largest absolute Gasteiger partial charge is 0.335 e. The second-order valence-electron chi connectivity index (χ2n) is 6.21. The van der Waals surface area contributed by atoms with Crippen LogP contribution in [0.5, 0.6) is 0 Å². The van der Waals surface area contributed by atoms with Crippen LogP contribution in [0.2, 0.25) is 0 Å². The van der Waals surface area contributed by atoms with Crippen molar-refractivity contribution in [1.29, 1.82) is 0 Å². The van der Waals surface area contributed by atoms with Crippen LogP contribution in [0.25, 0.3) is 10.1 Å². The summed E-state index contributed by atoms with van der Waals surface area (Å²) in [6.45, 7) is 5.32. The Kier molecular flexibility index (Phi) is 4.82. The Balaban J connectivity index is 2.00. The van der Waals surface area contributed by atoms with Gasteiger partial charge < -0.3 is 4.90 Å². The van der Waals surface area contributed by atoms with Crippen LogP contribution in [0.15, 0.2) is 24.3 Å². The molecule has 0 spiro atoms. The van der Waals surface area contributed by atoms with E-state index in [9.17, 15) is 4.79 Å². The van der Waals surface area contributed by atoms with Crippen molar-refractivity contribution in [1.82, 2.24) is 4.90 Å². The van der Waals surface area contributed by atoms with Crippen molar-refractivity contribution in [3.05, 3.63) is 34.7 Å². The van der Waals surface area contributed by atoms with Gasteiger partial charge in [0.1, 0.15) is 0 Å². The van der Waals surface area contributed by atoms with Crippen molar-refractivity contribution < 1.29 is 4.79 Å². The van der Waals surface area contributed by atoms with E-state index in [0.717, 1.165) is 43.5 Å². The highest BCUT2D eigenvalue weighted by Crippen LogP contribution is 2.34. The van der Waals surface area contributed by atoms with Crippen molar-refractivity contribution >= 4 is 27.3 Å². The van der Waals surface area contributed by atoms with E-state index < -0.39 is 0 Å². The first-order valence-corrected chi connectivity index (χ1v) is 9.39. The van der Waals surface area contributed by atoms with E-state index in [1.807, 2.05) is 0 Å². The number of likely N-dealkylation sites (tertiary alicyclic amines) is 1. The van der Waals surface area contributed by atoms with E-state index in [2.05, 4.69) is 43.0 Å². The highest BCUT2D eigenvalue weighted by Gasteiger charge is 2.29. The molecule has 1 amide bonds. The normalized spacial score (nSPS) is 18.8. The Labute approximate surface area is 137 Å². The molecule has 0 radical (unpaired) electrons. The minimum absolute atomic E-state index is 0.274. The molecule has 1 aliphatic rings. The predicted molar refractivity (Wildman–Crippen MR) is 94.8 cm³/mol. The number of thiophene rings is 1. The summed E-state index contributed by atoms with van der Waals surface area (Å²) in [7, 11) is 0. The third-order valence-electron chi connectivity index (χ3n) is 4.75. The Morgan fingerprint density at radius 3 is 2.86 bits per heavy atom. The van der Waals surface area contributed by atoms with Crippen molar-refractivity contribution in [3.63, 3.8) is 0 Å². The van der Waals surface area contributed by atoms with E-state index in [1.165, 1.54) is 22.1 Å². The van der Waals surface area contributed by atoms with Gasteiger partial charge in [0.05, 0.1) is 4.88 Å². The molecule has 22 heavy (non-hydrogen) atoms. The topological polar surface area (TPSA) is 20.3 Å². The molecule has 0 bridgehead atoms. The molecular formula is C19H25NOS. The van der Waals surface area contributed by atoms with Gasteiger partial charge in [-0.05, 0) is 49.1 Å². The van der Waals surface area contributed by atoms with E-state index in [1.54, 1.807) is 11.3 Å². The van der Waals surface area contributed by atoms with Gasteiger partial charge in [0.25, 0.3) is 5.91 Å². The Bertz CT molecular complexity index is 660. The van der Waals surface area contributed by atoms with Crippen molar-refractivity contribution in [2.24, 2.45) is 0 Å².